The van der Waals surface area contributed by atoms with Gasteiger partial charge in [0.25, 0.3) is 0 Å². The van der Waals surface area contributed by atoms with E-state index >= 15 is 0 Å². The largest absolute Gasteiger partial charge is 0.459 e. The first kappa shape index (κ1) is 18.1. The summed E-state index contributed by atoms with van der Waals surface area (Å²) < 4.78 is 6.00. The second-order valence-corrected chi connectivity index (χ2v) is 5.89. The fourth-order valence-electron chi connectivity index (χ4n) is 2.44. The van der Waals surface area contributed by atoms with Gasteiger partial charge in [0.1, 0.15) is 6.10 Å². The molecule has 0 N–H and O–H groups in total. The summed E-state index contributed by atoms with van der Waals surface area (Å²) in [5.41, 5.74) is 2.30. The maximum atomic E-state index is 6.00. The maximum Gasteiger partial charge on any atom is 0.316 e. The van der Waals surface area contributed by atoms with Crippen molar-refractivity contribution in [3.8, 4) is 6.01 Å². The first-order chi connectivity index (χ1) is 11.7. The normalized spacial score (nSPS) is 12.1. The summed E-state index contributed by atoms with van der Waals surface area (Å²) in [7, 11) is 2.08. The van der Waals surface area contributed by atoms with Crippen molar-refractivity contribution < 1.29 is 4.74 Å². The molecule has 0 spiro atoms. The Kier molecular flexibility index (Phi) is 7.36. The molecule has 0 aromatic carbocycles. The summed E-state index contributed by atoms with van der Waals surface area (Å²) in [6.07, 6.45) is 12.0. The smallest absolute Gasteiger partial charge is 0.316 e. The molecule has 5 heteroatoms. The van der Waals surface area contributed by atoms with Crippen LogP contribution in [-0.4, -0.2) is 39.5 Å². The molecule has 128 valence electrons. The highest BCUT2D eigenvalue weighted by molar-refractivity contribution is 5.08. The van der Waals surface area contributed by atoms with Crippen LogP contribution in [0.2, 0.25) is 0 Å². The van der Waals surface area contributed by atoms with Gasteiger partial charge < -0.3 is 4.74 Å². The van der Waals surface area contributed by atoms with Crippen molar-refractivity contribution in [3.63, 3.8) is 0 Å². The van der Waals surface area contributed by atoms with Crippen LogP contribution in [0.1, 0.15) is 30.9 Å². The van der Waals surface area contributed by atoms with E-state index in [1.54, 1.807) is 6.20 Å². The lowest BCUT2D eigenvalue weighted by atomic mass is 10.1. The molecule has 2 rings (SSSR count). The summed E-state index contributed by atoms with van der Waals surface area (Å²) in [6.45, 7) is 7.51. The molecule has 2 aromatic rings. The van der Waals surface area contributed by atoms with E-state index in [1.165, 1.54) is 5.56 Å². The van der Waals surface area contributed by atoms with E-state index in [-0.39, 0.29) is 6.10 Å². The van der Waals surface area contributed by atoms with Crippen molar-refractivity contribution in [1.82, 2.24) is 19.9 Å². The lowest BCUT2D eigenvalue weighted by molar-refractivity contribution is 0.126. The molecule has 24 heavy (non-hydrogen) atoms. The van der Waals surface area contributed by atoms with Crippen molar-refractivity contribution in [2.24, 2.45) is 0 Å². The topological polar surface area (TPSA) is 51.1 Å². The third-order valence-electron chi connectivity index (χ3n) is 3.75. The van der Waals surface area contributed by atoms with E-state index in [2.05, 4.69) is 46.5 Å². The molecule has 0 aliphatic rings. The zero-order chi connectivity index (χ0) is 17.2. The van der Waals surface area contributed by atoms with E-state index in [1.807, 2.05) is 30.7 Å². The average molecular weight is 326 g/mol. The van der Waals surface area contributed by atoms with E-state index in [4.69, 9.17) is 4.74 Å². The van der Waals surface area contributed by atoms with Gasteiger partial charge in [0.2, 0.25) is 0 Å². The minimum absolute atomic E-state index is 0.0251. The van der Waals surface area contributed by atoms with Crippen LogP contribution in [0.4, 0.5) is 0 Å². The van der Waals surface area contributed by atoms with Crippen molar-refractivity contribution in [2.75, 3.05) is 13.6 Å². The maximum absolute atomic E-state index is 6.00. The van der Waals surface area contributed by atoms with Gasteiger partial charge in [0.15, 0.2) is 0 Å². The highest BCUT2D eigenvalue weighted by Crippen LogP contribution is 2.12. The predicted molar refractivity (Wildman–Crippen MR) is 95.8 cm³/mol. The Bertz CT molecular complexity index is 601. The number of aryl methyl sites for hydroxylation is 1. The lowest BCUT2D eigenvalue weighted by Crippen LogP contribution is -2.33. The van der Waals surface area contributed by atoms with Gasteiger partial charge in [-0.15, -0.1) is 6.58 Å². The minimum Gasteiger partial charge on any atom is -0.459 e. The molecule has 0 bridgehead atoms. The van der Waals surface area contributed by atoms with Crippen LogP contribution >= 0.6 is 0 Å². The Morgan fingerprint density at radius 3 is 2.67 bits per heavy atom. The summed E-state index contributed by atoms with van der Waals surface area (Å²) in [4.78, 5) is 15.0. The fourth-order valence-corrected chi connectivity index (χ4v) is 2.44. The minimum atomic E-state index is 0.0251. The number of hydrogen-bond donors (Lipinski definition) is 0. The zero-order valence-corrected chi connectivity index (χ0v) is 14.6. The molecule has 0 saturated carbocycles. The summed E-state index contributed by atoms with van der Waals surface area (Å²) >= 11 is 0. The number of likely N-dealkylation sites (N-methyl/N-ethyl adjacent to an activating group) is 1. The van der Waals surface area contributed by atoms with Gasteiger partial charge in [0.05, 0.1) is 0 Å². The number of pyridine rings is 1. The molecule has 0 aliphatic carbocycles. The van der Waals surface area contributed by atoms with Crippen LogP contribution in [0, 0.1) is 0 Å². The third-order valence-corrected chi connectivity index (χ3v) is 3.75. The zero-order valence-electron chi connectivity index (χ0n) is 14.6. The van der Waals surface area contributed by atoms with Crippen LogP contribution < -0.4 is 4.74 Å². The van der Waals surface area contributed by atoms with Gasteiger partial charge in [0, 0.05) is 37.9 Å². The average Bonchev–Trinajstić information content (AvgIpc) is 2.61. The van der Waals surface area contributed by atoms with Crippen molar-refractivity contribution in [1.29, 1.82) is 0 Å². The Balaban J connectivity index is 1.94. The third kappa shape index (κ3) is 6.08. The summed E-state index contributed by atoms with van der Waals surface area (Å²) in [5, 5.41) is 0. The SMILES string of the molecule is C=CCC[C@H](CN(C)Cc1cccnc1)Oc1ncc(CC)cn1. The first-order valence-corrected chi connectivity index (χ1v) is 8.37. The van der Waals surface area contributed by atoms with E-state index in [0.29, 0.717) is 6.01 Å². The van der Waals surface area contributed by atoms with Gasteiger partial charge >= 0.3 is 6.01 Å². The molecule has 0 radical (unpaired) electrons. The molecule has 0 amide bonds. The second-order valence-electron chi connectivity index (χ2n) is 5.89. The monoisotopic (exact) mass is 326 g/mol. The van der Waals surface area contributed by atoms with Crippen LogP contribution in [0.15, 0.2) is 49.6 Å². The van der Waals surface area contributed by atoms with E-state index in [9.17, 15) is 0 Å². The lowest BCUT2D eigenvalue weighted by Gasteiger charge is -2.24. The molecule has 2 aromatic heterocycles. The quantitative estimate of drug-likeness (QED) is 0.627. The molecular formula is C19H26N4O. The van der Waals surface area contributed by atoms with Crippen molar-refractivity contribution in [3.05, 3.63) is 60.7 Å². The van der Waals surface area contributed by atoms with E-state index in [0.717, 1.165) is 37.9 Å². The number of nitrogens with zero attached hydrogens (tertiary/aromatic N) is 4. The number of aromatic nitrogens is 3. The molecule has 2 heterocycles. The molecule has 0 unspecified atom stereocenters. The Morgan fingerprint density at radius 1 is 1.25 bits per heavy atom. The van der Waals surface area contributed by atoms with Crippen molar-refractivity contribution in [2.45, 2.75) is 38.8 Å². The Labute approximate surface area is 144 Å². The van der Waals surface area contributed by atoms with Crippen LogP contribution in [0.3, 0.4) is 0 Å². The molecule has 5 nitrogen and oxygen atoms in total. The molecular weight excluding hydrogens is 300 g/mol. The van der Waals surface area contributed by atoms with Crippen LogP contribution in [-0.2, 0) is 13.0 Å². The number of ether oxygens (including phenoxy) is 1. The van der Waals surface area contributed by atoms with Gasteiger partial charge in [-0.3, -0.25) is 9.88 Å². The van der Waals surface area contributed by atoms with Gasteiger partial charge in [-0.1, -0.05) is 19.1 Å². The van der Waals surface area contributed by atoms with Gasteiger partial charge in [-0.2, -0.15) is 0 Å². The Morgan fingerprint density at radius 2 is 2.04 bits per heavy atom. The van der Waals surface area contributed by atoms with Gasteiger partial charge in [-0.25, -0.2) is 9.97 Å². The van der Waals surface area contributed by atoms with E-state index < -0.39 is 0 Å². The standard InChI is InChI=1S/C19H26N4O/c1-4-6-9-18(24-19-21-12-16(5-2)13-22-19)15-23(3)14-17-8-7-10-20-11-17/h4,7-8,10-13,18H,1,5-6,9,14-15H2,2-3H3/t18-/m1/s1. The Hall–Kier alpha value is -2.27. The van der Waals surface area contributed by atoms with Crippen LogP contribution in [0.25, 0.3) is 0 Å². The van der Waals surface area contributed by atoms with Gasteiger partial charge in [-0.05, 0) is 43.5 Å². The summed E-state index contributed by atoms with van der Waals surface area (Å²) in [6, 6.07) is 4.48. The van der Waals surface area contributed by atoms with Crippen LogP contribution in [0.5, 0.6) is 6.01 Å². The predicted octanol–water partition coefficient (Wildman–Crippen LogP) is 3.28. The number of rotatable bonds is 10. The molecule has 0 saturated heterocycles. The molecule has 0 fully saturated rings. The number of hydrogen-bond acceptors (Lipinski definition) is 5. The second kappa shape index (κ2) is 9.78. The first-order valence-electron chi connectivity index (χ1n) is 8.37. The summed E-state index contributed by atoms with van der Waals surface area (Å²) in [5.74, 6) is 0. The molecule has 0 aliphatic heterocycles. The highest BCUT2D eigenvalue weighted by atomic mass is 16.5. The highest BCUT2D eigenvalue weighted by Gasteiger charge is 2.15. The number of allylic oxidation sites excluding steroid dienone is 1. The van der Waals surface area contributed by atoms with Crippen molar-refractivity contribution >= 4 is 0 Å². The fraction of sp³-hybridized carbons (Fsp3) is 0.421. The molecule has 1 atom stereocenters.